The van der Waals surface area contributed by atoms with E-state index in [0.29, 0.717) is 6.42 Å². The number of nitriles is 1. The second kappa shape index (κ2) is 12.8. The van der Waals surface area contributed by atoms with Crippen LogP contribution in [0.1, 0.15) is 25.8 Å². The van der Waals surface area contributed by atoms with Crippen molar-refractivity contribution in [1.82, 2.24) is 0 Å². The van der Waals surface area contributed by atoms with Crippen LogP contribution >= 0.6 is 0 Å². The lowest BCUT2D eigenvalue weighted by Crippen LogP contribution is -1.95. The molecule has 106 valence electrons. The van der Waals surface area contributed by atoms with E-state index < -0.39 is 5.97 Å². The maximum Gasteiger partial charge on any atom is 0.330 e. The molecule has 0 bridgehead atoms. The highest BCUT2D eigenvalue weighted by atomic mass is 16.4. The number of nitrogens with zero attached hydrogens (tertiary/aromatic N) is 1. The molecule has 1 aromatic carbocycles. The lowest BCUT2D eigenvalue weighted by molar-refractivity contribution is -0.132. The smallest absolute Gasteiger partial charge is 0.330 e. The summed E-state index contributed by atoms with van der Waals surface area (Å²) < 4.78 is 0. The Labute approximate surface area is 121 Å². The number of allylic oxidation sites excluding steroid dienone is 2. The Bertz CT molecular complexity index is 481. The molecule has 0 aliphatic carbocycles. The molecule has 1 rings (SSSR count). The first-order valence-electron chi connectivity index (χ1n) is 6.03. The molecule has 0 aromatic heterocycles. The van der Waals surface area contributed by atoms with Crippen LogP contribution in [-0.4, -0.2) is 11.1 Å². The highest BCUT2D eigenvalue weighted by Gasteiger charge is 1.96. The molecule has 0 amide bonds. The van der Waals surface area contributed by atoms with Crippen molar-refractivity contribution < 1.29 is 9.90 Å². The van der Waals surface area contributed by atoms with Gasteiger partial charge in [-0.05, 0) is 18.9 Å². The summed E-state index contributed by atoms with van der Waals surface area (Å²) in [6.07, 6.45) is 1.70. The van der Waals surface area contributed by atoms with E-state index in [4.69, 9.17) is 10.4 Å². The first-order valence-corrected chi connectivity index (χ1v) is 6.03. The summed E-state index contributed by atoms with van der Waals surface area (Å²) in [5.41, 5.74) is 2.60. The Morgan fingerprint density at radius 2 is 1.80 bits per heavy atom. The lowest BCUT2D eigenvalue weighted by Gasteiger charge is -1.94. The van der Waals surface area contributed by atoms with Crippen LogP contribution in [0.3, 0.4) is 0 Å². The predicted molar refractivity (Wildman–Crippen MR) is 84.0 cm³/mol. The van der Waals surface area contributed by atoms with E-state index in [2.05, 4.69) is 31.9 Å². The third-order valence-corrected chi connectivity index (χ3v) is 2.09. The third kappa shape index (κ3) is 11.9. The molecule has 0 spiro atoms. The molecule has 3 heteroatoms. The average Bonchev–Trinajstić information content (AvgIpc) is 2.48. The summed E-state index contributed by atoms with van der Waals surface area (Å²) in [5.74, 6) is -0.900. The van der Waals surface area contributed by atoms with Crippen molar-refractivity contribution in [3.05, 3.63) is 67.3 Å². The van der Waals surface area contributed by atoms with Gasteiger partial charge >= 0.3 is 5.97 Å². The highest BCUT2D eigenvalue weighted by Crippen LogP contribution is 2.08. The van der Waals surface area contributed by atoms with Gasteiger partial charge in [0, 0.05) is 11.6 Å². The maximum atomic E-state index is 9.83. The SMILES string of the molecule is C=C(C)c1ccccc1.C=C(CC)C(=O)O.C=CC#N. The van der Waals surface area contributed by atoms with Crippen LogP contribution in [0.25, 0.3) is 5.57 Å². The standard InChI is InChI=1S/C9H10.C5H8O2.C3H3N/c1-8(2)9-6-4-3-5-7-9;1-3-4(2)5(6)7;1-2-3-4/h3-7H,1H2,2H3;2-3H2,1H3,(H,6,7);2H,1H2. The summed E-state index contributed by atoms with van der Waals surface area (Å²) in [5, 5.41) is 15.6. The number of carboxylic acid groups (broad SMARTS) is 1. The van der Waals surface area contributed by atoms with Crippen LogP contribution in [0.2, 0.25) is 0 Å². The molecular formula is C17H21NO2. The minimum atomic E-state index is -0.900. The minimum absolute atomic E-state index is 0.264. The van der Waals surface area contributed by atoms with Gasteiger partial charge in [0.15, 0.2) is 0 Å². The van der Waals surface area contributed by atoms with Gasteiger partial charge in [-0.15, -0.1) is 0 Å². The zero-order valence-electron chi connectivity index (χ0n) is 12.1. The average molecular weight is 271 g/mol. The Kier molecular flexibility index (Phi) is 12.7. The third-order valence-electron chi connectivity index (χ3n) is 2.09. The molecule has 0 aliphatic heterocycles. The summed E-state index contributed by atoms with van der Waals surface area (Å²) in [4.78, 5) is 9.83. The number of rotatable bonds is 3. The van der Waals surface area contributed by atoms with Crippen molar-refractivity contribution in [2.75, 3.05) is 0 Å². The quantitative estimate of drug-likeness (QED) is 0.652. The lowest BCUT2D eigenvalue weighted by atomic mass is 10.1. The second-order valence-corrected chi connectivity index (χ2v) is 3.74. The minimum Gasteiger partial charge on any atom is -0.478 e. The fourth-order valence-corrected chi connectivity index (χ4v) is 0.874. The molecule has 1 N–H and O–H groups in total. The van der Waals surface area contributed by atoms with Crippen LogP contribution in [-0.2, 0) is 4.79 Å². The molecular weight excluding hydrogens is 250 g/mol. The van der Waals surface area contributed by atoms with Gasteiger partial charge in [0.25, 0.3) is 0 Å². The first kappa shape index (κ1) is 19.7. The summed E-state index contributed by atoms with van der Waals surface area (Å²) in [6.45, 7) is 14.0. The summed E-state index contributed by atoms with van der Waals surface area (Å²) in [7, 11) is 0. The normalized spacial score (nSPS) is 7.65. The van der Waals surface area contributed by atoms with E-state index in [1.165, 1.54) is 11.6 Å². The van der Waals surface area contributed by atoms with Gasteiger partial charge in [-0.1, -0.05) is 62.6 Å². The van der Waals surface area contributed by atoms with Crippen molar-refractivity contribution in [1.29, 1.82) is 5.26 Å². The number of carboxylic acids is 1. The second-order valence-electron chi connectivity index (χ2n) is 3.74. The van der Waals surface area contributed by atoms with E-state index in [1.807, 2.05) is 25.1 Å². The van der Waals surface area contributed by atoms with Crippen molar-refractivity contribution in [3.63, 3.8) is 0 Å². The molecule has 0 unspecified atom stereocenters. The van der Waals surface area contributed by atoms with Crippen LogP contribution in [0.15, 0.2) is 61.7 Å². The summed E-state index contributed by atoms with van der Waals surface area (Å²) >= 11 is 0. The first-order chi connectivity index (χ1) is 9.40. The van der Waals surface area contributed by atoms with E-state index in [9.17, 15) is 4.79 Å². The Morgan fingerprint density at radius 3 is 1.95 bits per heavy atom. The molecule has 0 aliphatic rings. The van der Waals surface area contributed by atoms with Gasteiger partial charge in [0.05, 0.1) is 6.07 Å². The topological polar surface area (TPSA) is 61.1 Å². The van der Waals surface area contributed by atoms with Crippen molar-refractivity contribution in [2.24, 2.45) is 0 Å². The number of hydrogen-bond acceptors (Lipinski definition) is 2. The van der Waals surface area contributed by atoms with E-state index in [-0.39, 0.29) is 5.57 Å². The van der Waals surface area contributed by atoms with Gasteiger partial charge in [-0.25, -0.2) is 4.79 Å². The molecule has 20 heavy (non-hydrogen) atoms. The number of aliphatic carboxylic acids is 1. The molecule has 3 nitrogen and oxygen atoms in total. The number of carbonyl (C=O) groups is 1. The van der Waals surface area contributed by atoms with Gasteiger partial charge in [0.1, 0.15) is 0 Å². The van der Waals surface area contributed by atoms with Crippen molar-refractivity contribution >= 4 is 11.5 Å². The van der Waals surface area contributed by atoms with Crippen LogP contribution in [0.4, 0.5) is 0 Å². The largest absolute Gasteiger partial charge is 0.478 e. The van der Waals surface area contributed by atoms with Gasteiger partial charge in [0.2, 0.25) is 0 Å². The Balaban J connectivity index is 0. The molecule has 0 atom stereocenters. The van der Waals surface area contributed by atoms with Crippen molar-refractivity contribution in [3.8, 4) is 6.07 Å². The number of benzene rings is 1. The zero-order chi connectivity index (χ0) is 16.0. The molecule has 0 fully saturated rings. The Morgan fingerprint density at radius 1 is 1.35 bits per heavy atom. The van der Waals surface area contributed by atoms with E-state index >= 15 is 0 Å². The highest BCUT2D eigenvalue weighted by molar-refractivity contribution is 5.85. The zero-order valence-corrected chi connectivity index (χ0v) is 12.1. The fraction of sp³-hybridized carbons (Fsp3) is 0.176. The van der Waals surface area contributed by atoms with Crippen LogP contribution in [0, 0.1) is 11.3 Å². The molecule has 0 radical (unpaired) electrons. The molecule has 0 saturated carbocycles. The molecule has 1 aromatic rings. The number of hydrogen-bond donors (Lipinski definition) is 1. The van der Waals surface area contributed by atoms with Gasteiger partial charge in [-0.3, -0.25) is 0 Å². The monoisotopic (exact) mass is 271 g/mol. The van der Waals surface area contributed by atoms with Crippen LogP contribution in [0.5, 0.6) is 0 Å². The van der Waals surface area contributed by atoms with Crippen molar-refractivity contribution in [2.45, 2.75) is 20.3 Å². The fourth-order valence-electron chi connectivity index (χ4n) is 0.874. The summed E-state index contributed by atoms with van der Waals surface area (Å²) in [6, 6.07) is 11.9. The Hall–Kier alpha value is -2.60. The van der Waals surface area contributed by atoms with Crippen LogP contribution < -0.4 is 0 Å². The van der Waals surface area contributed by atoms with E-state index in [0.717, 1.165) is 5.57 Å². The van der Waals surface area contributed by atoms with Gasteiger partial charge in [-0.2, -0.15) is 5.26 Å². The van der Waals surface area contributed by atoms with Gasteiger partial charge < -0.3 is 5.11 Å². The maximum absolute atomic E-state index is 9.83. The predicted octanol–water partition coefficient (Wildman–Crippen LogP) is 4.45. The molecule has 0 heterocycles. The molecule has 0 saturated heterocycles. The van der Waals surface area contributed by atoms with E-state index in [1.54, 1.807) is 13.0 Å².